The fourth-order valence-electron chi connectivity index (χ4n) is 3.47. The Labute approximate surface area is 152 Å². The molecule has 5 nitrogen and oxygen atoms in total. The second-order valence-corrected chi connectivity index (χ2v) is 6.50. The van der Waals surface area contributed by atoms with E-state index in [1.807, 2.05) is 72.9 Å². The number of aromatic nitrogens is 2. The standard InChI is InChI=1S/C21H21N3O2/c25-20(21(12-15-26-16-13-21)17-7-3-1-4-8-17)22-19-11-14-24(23-19)18-9-5-2-6-10-18/h1-11,14H,12-13,15-16H2,(H,22,23,25). The van der Waals surface area contributed by atoms with Crippen LogP contribution in [0.2, 0.25) is 0 Å². The SMILES string of the molecule is O=C(Nc1ccn(-c2ccccc2)n1)C1(c2ccccc2)CCOCC1. The minimum Gasteiger partial charge on any atom is -0.381 e. The number of carbonyl (C=O) groups is 1. The first-order valence-corrected chi connectivity index (χ1v) is 8.84. The normalized spacial score (nSPS) is 16.2. The number of nitrogens with zero attached hydrogens (tertiary/aromatic N) is 2. The van der Waals surface area contributed by atoms with Crippen molar-refractivity contribution >= 4 is 11.7 Å². The predicted octanol–water partition coefficient (Wildman–Crippen LogP) is 3.56. The van der Waals surface area contributed by atoms with Crippen molar-refractivity contribution in [2.24, 2.45) is 0 Å². The fourth-order valence-corrected chi connectivity index (χ4v) is 3.47. The molecule has 1 aromatic heterocycles. The highest BCUT2D eigenvalue weighted by Gasteiger charge is 2.41. The van der Waals surface area contributed by atoms with Crippen molar-refractivity contribution in [1.29, 1.82) is 0 Å². The number of ether oxygens (including phenoxy) is 1. The zero-order chi connectivity index (χ0) is 17.8. The average Bonchev–Trinajstić information content (AvgIpc) is 3.18. The number of hydrogen-bond acceptors (Lipinski definition) is 3. The highest BCUT2D eigenvalue weighted by atomic mass is 16.5. The van der Waals surface area contributed by atoms with Gasteiger partial charge in [-0.1, -0.05) is 48.5 Å². The summed E-state index contributed by atoms with van der Waals surface area (Å²) < 4.78 is 7.27. The zero-order valence-electron chi connectivity index (χ0n) is 14.5. The topological polar surface area (TPSA) is 56.2 Å². The summed E-state index contributed by atoms with van der Waals surface area (Å²) in [5, 5.41) is 7.51. The Bertz CT molecular complexity index is 869. The number of amides is 1. The van der Waals surface area contributed by atoms with E-state index in [1.54, 1.807) is 4.68 Å². The van der Waals surface area contributed by atoms with Gasteiger partial charge in [0.2, 0.25) is 5.91 Å². The van der Waals surface area contributed by atoms with Gasteiger partial charge in [0.25, 0.3) is 0 Å². The molecule has 132 valence electrons. The molecule has 0 bridgehead atoms. The molecule has 1 fully saturated rings. The Morgan fingerprint density at radius 3 is 2.31 bits per heavy atom. The molecule has 1 N–H and O–H groups in total. The van der Waals surface area contributed by atoms with Gasteiger partial charge in [-0.05, 0) is 30.5 Å². The Balaban J connectivity index is 1.59. The molecule has 0 saturated carbocycles. The molecule has 4 rings (SSSR count). The van der Waals surface area contributed by atoms with Crippen molar-refractivity contribution in [2.75, 3.05) is 18.5 Å². The molecule has 2 heterocycles. The van der Waals surface area contributed by atoms with Crippen LogP contribution >= 0.6 is 0 Å². The van der Waals surface area contributed by atoms with Crippen LogP contribution in [-0.4, -0.2) is 28.9 Å². The number of carbonyl (C=O) groups excluding carboxylic acids is 1. The van der Waals surface area contributed by atoms with Crippen molar-refractivity contribution in [3.8, 4) is 5.69 Å². The van der Waals surface area contributed by atoms with Gasteiger partial charge in [-0.15, -0.1) is 0 Å². The van der Waals surface area contributed by atoms with Crippen LogP contribution in [-0.2, 0) is 14.9 Å². The van der Waals surface area contributed by atoms with Crippen LogP contribution in [0.5, 0.6) is 0 Å². The number of anilines is 1. The monoisotopic (exact) mass is 347 g/mol. The molecule has 0 unspecified atom stereocenters. The summed E-state index contributed by atoms with van der Waals surface area (Å²) in [7, 11) is 0. The zero-order valence-corrected chi connectivity index (χ0v) is 14.5. The van der Waals surface area contributed by atoms with Crippen molar-refractivity contribution in [3.05, 3.63) is 78.5 Å². The second-order valence-electron chi connectivity index (χ2n) is 6.50. The number of benzene rings is 2. The molecular formula is C21H21N3O2. The van der Waals surface area contributed by atoms with Crippen molar-refractivity contribution < 1.29 is 9.53 Å². The molecule has 1 aliphatic rings. The van der Waals surface area contributed by atoms with E-state index in [-0.39, 0.29) is 5.91 Å². The van der Waals surface area contributed by atoms with Gasteiger partial charge in [-0.25, -0.2) is 4.68 Å². The molecule has 0 atom stereocenters. The minimum atomic E-state index is -0.573. The lowest BCUT2D eigenvalue weighted by molar-refractivity contribution is -0.125. The first-order chi connectivity index (χ1) is 12.8. The molecule has 26 heavy (non-hydrogen) atoms. The predicted molar refractivity (Wildman–Crippen MR) is 100 cm³/mol. The van der Waals surface area contributed by atoms with Crippen LogP contribution in [0, 0.1) is 0 Å². The van der Waals surface area contributed by atoms with Gasteiger partial charge in [0.15, 0.2) is 5.82 Å². The van der Waals surface area contributed by atoms with E-state index in [0.717, 1.165) is 11.3 Å². The summed E-state index contributed by atoms with van der Waals surface area (Å²) in [5.74, 6) is 0.533. The van der Waals surface area contributed by atoms with Crippen molar-refractivity contribution in [2.45, 2.75) is 18.3 Å². The lowest BCUT2D eigenvalue weighted by Gasteiger charge is -2.36. The first kappa shape index (κ1) is 16.5. The molecule has 0 aliphatic carbocycles. The maximum Gasteiger partial charge on any atom is 0.236 e. The third-order valence-corrected chi connectivity index (χ3v) is 4.96. The van der Waals surface area contributed by atoms with Gasteiger partial charge >= 0.3 is 0 Å². The summed E-state index contributed by atoms with van der Waals surface area (Å²) in [6.07, 6.45) is 3.19. The van der Waals surface area contributed by atoms with Crippen LogP contribution < -0.4 is 5.32 Å². The molecule has 0 spiro atoms. The lowest BCUT2D eigenvalue weighted by atomic mass is 9.73. The highest BCUT2D eigenvalue weighted by Crippen LogP contribution is 2.36. The largest absolute Gasteiger partial charge is 0.381 e. The third kappa shape index (κ3) is 3.13. The van der Waals surface area contributed by atoms with Gasteiger partial charge < -0.3 is 10.1 Å². The first-order valence-electron chi connectivity index (χ1n) is 8.84. The maximum absolute atomic E-state index is 13.2. The lowest BCUT2D eigenvalue weighted by Crippen LogP contribution is -2.44. The number of rotatable bonds is 4. The van der Waals surface area contributed by atoms with Crippen LogP contribution in [0.15, 0.2) is 72.9 Å². The Kier molecular flexibility index (Phi) is 4.54. The molecule has 5 heteroatoms. The van der Waals surface area contributed by atoms with Crippen molar-refractivity contribution in [1.82, 2.24) is 9.78 Å². The Morgan fingerprint density at radius 2 is 1.62 bits per heavy atom. The smallest absolute Gasteiger partial charge is 0.236 e. The molecule has 0 radical (unpaired) electrons. The maximum atomic E-state index is 13.2. The van der Waals surface area contributed by atoms with E-state index < -0.39 is 5.41 Å². The molecule has 3 aromatic rings. The molecule has 1 aliphatic heterocycles. The summed E-state index contributed by atoms with van der Waals surface area (Å²) in [6.45, 7) is 1.17. The van der Waals surface area contributed by atoms with Crippen LogP contribution in [0.25, 0.3) is 5.69 Å². The van der Waals surface area contributed by atoms with E-state index in [2.05, 4.69) is 10.4 Å². The van der Waals surface area contributed by atoms with Crippen LogP contribution in [0.3, 0.4) is 0 Å². The molecule has 1 amide bonds. The van der Waals surface area contributed by atoms with E-state index in [9.17, 15) is 4.79 Å². The average molecular weight is 347 g/mol. The van der Waals surface area contributed by atoms with Gasteiger partial charge in [-0.3, -0.25) is 4.79 Å². The van der Waals surface area contributed by atoms with Crippen LogP contribution in [0.4, 0.5) is 5.82 Å². The highest BCUT2D eigenvalue weighted by molar-refractivity contribution is 5.98. The van der Waals surface area contributed by atoms with E-state index in [0.29, 0.717) is 31.9 Å². The Morgan fingerprint density at radius 1 is 0.962 bits per heavy atom. The van der Waals surface area contributed by atoms with Gasteiger partial charge in [0.1, 0.15) is 0 Å². The minimum absolute atomic E-state index is 0.0229. The molecular weight excluding hydrogens is 326 g/mol. The number of para-hydroxylation sites is 1. The third-order valence-electron chi connectivity index (χ3n) is 4.96. The summed E-state index contributed by atoms with van der Waals surface area (Å²) in [6, 6.07) is 21.6. The summed E-state index contributed by atoms with van der Waals surface area (Å²) in [5.41, 5.74) is 1.41. The summed E-state index contributed by atoms with van der Waals surface area (Å²) in [4.78, 5) is 13.2. The van der Waals surface area contributed by atoms with Gasteiger partial charge in [-0.2, -0.15) is 5.10 Å². The van der Waals surface area contributed by atoms with E-state index in [1.165, 1.54) is 0 Å². The van der Waals surface area contributed by atoms with E-state index in [4.69, 9.17) is 4.74 Å². The van der Waals surface area contributed by atoms with Crippen LogP contribution in [0.1, 0.15) is 18.4 Å². The fraction of sp³-hybridized carbons (Fsp3) is 0.238. The van der Waals surface area contributed by atoms with Gasteiger partial charge in [0.05, 0.1) is 11.1 Å². The Hall–Kier alpha value is -2.92. The number of nitrogens with one attached hydrogen (secondary N) is 1. The number of hydrogen-bond donors (Lipinski definition) is 1. The van der Waals surface area contributed by atoms with Crippen molar-refractivity contribution in [3.63, 3.8) is 0 Å². The van der Waals surface area contributed by atoms with Gasteiger partial charge in [0, 0.05) is 25.5 Å². The van der Waals surface area contributed by atoms with E-state index >= 15 is 0 Å². The summed E-state index contributed by atoms with van der Waals surface area (Å²) >= 11 is 0. The second kappa shape index (κ2) is 7.14. The quantitative estimate of drug-likeness (QED) is 0.785. The molecule has 2 aromatic carbocycles. The molecule has 1 saturated heterocycles.